The molecule has 0 bridgehead atoms. The van der Waals surface area contributed by atoms with Crippen molar-refractivity contribution in [2.45, 2.75) is 26.3 Å². The predicted octanol–water partition coefficient (Wildman–Crippen LogP) is 0.743. The van der Waals surface area contributed by atoms with Gasteiger partial charge in [-0.15, -0.1) is 0 Å². The lowest BCUT2D eigenvalue weighted by Crippen LogP contribution is -2.55. The molecule has 1 fully saturated rings. The number of aromatic nitrogens is 1. The second-order valence-corrected chi connectivity index (χ2v) is 5.84. The minimum absolute atomic E-state index is 0.125. The number of rotatable bonds is 6. The summed E-state index contributed by atoms with van der Waals surface area (Å²) in [7, 11) is 3.43. The molecule has 128 valence electrons. The number of amides is 2. The van der Waals surface area contributed by atoms with Gasteiger partial charge in [0, 0.05) is 39.9 Å². The maximum absolute atomic E-state index is 12.3. The van der Waals surface area contributed by atoms with Crippen molar-refractivity contribution in [3.8, 4) is 0 Å². The predicted molar refractivity (Wildman–Crippen MR) is 86.9 cm³/mol. The van der Waals surface area contributed by atoms with Crippen LogP contribution in [0.1, 0.15) is 29.9 Å². The summed E-state index contributed by atoms with van der Waals surface area (Å²) in [5.74, 6) is -0.0611. The number of hydroxylamine groups is 2. The summed E-state index contributed by atoms with van der Waals surface area (Å²) in [4.78, 5) is 36.6. The number of nitrogens with zero attached hydrogens (tertiary/aromatic N) is 3. The molecule has 23 heavy (non-hydrogen) atoms. The summed E-state index contributed by atoms with van der Waals surface area (Å²) < 4.78 is 0. The van der Waals surface area contributed by atoms with Crippen LogP contribution in [0.2, 0.25) is 0 Å². The largest absolute Gasteiger partial charge is 0.357 e. The number of H-pyrrole nitrogens is 1. The van der Waals surface area contributed by atoms with Crippen LogP contribution in [0.15, 0.2) is 12.3 Å². The van der Waals surface area contributed by atoms with Gasteiger partial charge in [-0.05, 0) is 25.0 Å². The molecular formula is C16H26N4O3. The average Bonchev–Trinajstić information content (AvgIpc) is 3.02. The Hall–Kier alpha value is -1.86. The number of hydrogen-bond donors (Lipinski definition) is 1. The van der Waals surface area contributed by atoms with Crippen molar-refractivity contribution in [2.75, 3.05) is 40.3 Å². The lowest BCUT2D eigenvalue weighted by molar-refractivity contribution is -0.142. The van der Waals surface area contributed by atoms with E-state index >= 15 is 0 Å². The third-order valence-corrected chi connectivity index (χ3v) is 4.38. The molecule has 1 saturated heterocycles. The van der Waals surface area contributed by atoms with Gasteiger partial charge in [0.1, 0.15) is 5.69 Å². The molecule has 2 heterocycles. The molecule has 1 atom stereocenters. The lowest BCUT2D eigenvalue weighted by atomic mass is 10.2. The number of nitrogens with one attached hydrogen (secondary N) is 1. The van der Waals surface area contributed by atoms with Gasteiger partial charge in [-0.25, -0.2) is 5.06 Å². The van der Waals surface area contributed by atoms with E-state index in [1.54, 1.807) is 18.1 Å². The standard InChI is InChI=1S/C16H26N4O3/c1-5-13-6-7-17-14(13)16(22)19(4)23-11-10-20-9-8-18(3)15(21)12(20)2/h6-7,12,17H,5,8-11H2,1-4H3/t12-/m1/s1. The Morgan fingerprint density at radius 2 is 2.22 bits per heavy atom. The maximum atomic E-state index is 12.3. The van der Waals surface area contributed by atoms with Gasteiger partial charge < -0.3 is 9.88 Å². The first kappa shape index (κ1) is 17.5. The van der Waals surface area contributed by atoms with Crippen molar-refractivity contribution in [1.82, 2.24) is 19.8 Å². The molecule has 0 aliphatic carbocycles. The van der Waals surface area contributed by atoms with Gasteiger partial charge in [0.15, 0.2) is 0 Å². The van der Waals surface area contributed by atoms with Crippen molar-refractivity contribution in [2.24, 2.45) is 0 Å². The molecule has 2 amide bonds. The van der Waals surface area contributed by atoms with Crippen molar-refractivity contribution in [1.29, 1.82) is 0 Å². The number of aromatic amines is 1. The number of carbonyl (C=O) groups is 2. The highest BCUT2D eigenvalue weighted by Crippen LogP contribution is 2.11. The molecule has 0 saturated carbocycles. The summed E-state index contributed by atoms with van der Waals surface area (Å²) in [6, 6.07) is 1.76. The zero-order chi connectivity index (χ0) is 17.0. The average molecular weight is 322 g/mol. The molecule has 7 nitrogen and oxygen atoms in total. The van der Waals surface area contributed by atoms with Gasteiger partial charge in [0.05, 0.1) is 12.6 Å². The van der Waals surface area contributed by atoms with Gasteiger partial charge in [-0.1, -0.05) is 6.92 Å². The second-order valence-electron chi connectivity index (χ2n) is 5.84. The molecule has 7 heteroatoms. The molecular weight excluding hydrogens is 296 g/mol. The monoisotopic (exact) mass is 322 g/mol. The highest BCUT2D eigenvalue weighted by Gasteiger charge is 2.29. The van der Waals surface area contributed by atoms with Crippen LogP contribution >= 0.6 is 0 Å². The summed E-state index contributed by atoms with van der Waals surface area (Å²) in [6.45, 7) is 6.43. The summed E-state index contributed by atoms with van der Waals surface area (Å²) in [6.07, 6.45) is 2.55. The van der Waals surface area contributed by atoms with E-state index in [2.05, 4.69) is 9.88 Å². The highest BCUT2D eigenvalue weighted by atomic mass is 16.7. The molecule has 1 aliphatic heterocycles. The Bertz CT molecular complexity index is 557. The highest BCUT2D eigenvalue weighted by molar-refractivity contribution is 5.93. The molecule has 1 aromatic heterocycles. The molecule has 0 spiro atoms. The Morgan fingerprint density at radius 1 is 1.48 bits per heavy atom. The van der Waals surface area contributed by atoms with E-state index in [0.717, 1.165) is 25.1 Å². The van der Waals surface area contributed by atoms with Gasteiger partial charge >= 0.3 is 0 Å². The van der Waals surface area contributed by atoms with E-state index in [4.69, 9.17) is 4.84 Å². The number of carbonyl (C=O) groups excluding carboxylic acids is 2. The summed E-state index contributed by atoms with van der Waals surface area (Å²) in [5.41, 5.74) is 1.54. The minimum atomic E-state index is -0.186. The second kappa shape index (κ2) is 7.61. The lowest BCUT2D eigenvalue weighted by Gasteiger charge is -2.37. The molecule has 1 aliphatic rings. The van der Waals surface area contributed by atoms with Crippen molar-refractivity contribution < 1.29 is 14.4 Å². The molecule has 0 radical (unpaired) electrons. The van der Waals surface area contributed by atoms with E-state index in [-0.39, 0.29) is 17.9 Å². The van der Waals surface area contributed by atoms with Crippen molar-refractivity contribution in [3.63, 3.8) is 0 Å². The number of piperazine rings is 1. The molecule has 0 aromatic carbocycles. The van der Waals surface area contributed by atoms with Gasteiger partial charge in [0.25, 0.3) is 5.91 Å². The normalized spacial score (nSPS) is 19.2. The van der Waals surface area contributed by atoms with Gasteiger partial charge in [0.2, 0.25) is 5.91 Å². The first-order valence-electron chi connectivity index (χ1n) is 8.02. The number of likely N-dealkylation sites (N-methyl/N-ethyl adjacent to an activating group) is 1. The van der Waals surface area contributed by atoms with Crippen LogP contribution < -0.4 is 0 Å². The molecule has 0 unspecified atom stereocenters. The summed E-state index contributed by atoms with van der Waals surface area (Å²) >= 11 is 0. The van der Waals surface area contributed by atoms with Crippen LogP contribution in [-0.4, -0.2) is 78.0 Å². The SMILES string of the molecule is CCc1cc[nH]c1C(=O)N(C)OCCN1CCN(C)C(=O)[C@H]1C. The van der Waals surface area contributed by atoms with Crippen LogP contribution in [0, 0.1) is 0 Å². The zero-order valence-electron chi connectivity index (χ0n) is 14.3. The zero-order valence-corrected chi connectivity index (χ0v) is 14.3. The Morgan fingerprint density at radius 3 is 2.91 bits per heavy atom. The molecule has 2 rings (SSSR count). The quantitative estimate of drug-likeness (QED) is 0.785. The smallest absolute Gasteiger partial charge is 0.293 e. The summed E-state index contributed by atoms with van der Waals surface area (Å²) in [5, 5.41) is 1.26. The third-order valence-electron chi connectivity index (χ3n) is 4.38. The third kappa shape index (κ3) is 3.92. The van der Waals surface area contributed by atoms with Crippen molar-refractivity contribution >= 4 is 11.8 Å². The topological polar surface area (TPSA) is 68.9 Å². The van der Waals surface area contributed by atoms with Crippen LogP contribution in [0.25, 0.3) is 0 Å². The van der Waals surface area contributed by atoms with Crippen LogP contribution in [0.5, 0.6) is 0 Å². The fraction of sp³-hybridized carbons (Fsp3) is 0.625. The van der Waals surface area contributed by atoms with E-state index in [9.17, 15) is 9.59 Å². The van der Waals surface area contributed by atoms with E-state index in [0.29, 0.717) is 18.8 Å². The Balaban J connectivity index is 1.82. The van der Waals surface area contributed by atoms with Crippen LogP contribution in [-0.2, 0) is 16.1 Å². The maximum Gasteiger partial charge on any atom is 0.293 e. The fourth-order valence-electron chi connectivity index (χ4n) is 2.77. The first-order chi connectivity index (χ1) is 11.0. The minimum Gasteiger partial charge on any atom is -0.357 e. The van der Waals surface area contributed by atoms with E-state index in [1.807, 2.05) is 27.0 Å². The molecule has 1 aromatic rings. The number of aryl methyl sites for hydroxylation is 1. The van der Waals surface area contributed by atoms with Crippen LogP contribution in [0.3, 0.4) is 0 Å². The Labute approximate surface area is 137 Å². The Kier molecular flexibility index (Phi) is 5.79. The van der Waals surface area contributed by atoms with Crippen LogP contribution in [0.4, 0.5) is 0 Å². The molecule has 1 N–H and O–H groups in total. The fourth-order valence-corrected chi connectivity index (χ4v) is 2.77. The number of hydrogen-bond acceptors (Lipinski definition) is 4. The first-order valence-corrected chi connectivity index (χ1v) is 8.02. The van der Waals surface area contributed by atoms with Crippen molar-refractivity contribution in [3.05, 3.63) is 23.5 Å². The van der Waals surface area contributed by atoms with Gasteiger partial charge in [-0.2, -0.15) is 0 Å². The van der Waals surface area contributed by atoms with E-state index < -0.39 is 0 Å². The van der Waals surface area contributed by atoms with Gasteiger partial charge in [-0.3, -0.25) is 19.3 Å². The van der Waals surface area contributed by atoms with E-state index in [1.165, 1.54) is 5.06 Å².